The molecule has 0 bridgehead atoms. The fourth-order valence-electron chi connectivity index (χ4n) is 2.83. The van der Waals surface area contributed by atoms with Crippen molar-refractivity contribution in [2.45, 2.75) is 51.5 Å². The third-order valence-corrected chi connectivity index (χ3v) is 4.49. The smallest absolute Gasteiger partial charge is 0.285 e. The van der Waals surface area contributed by atoms with Gasteiger partial charge in [-0.15, -0.1) is 5.06 Å². The van der Waals surface area contributed by atoms with E-state index < -0.39 is 35.6 Å². The van der Waals surface area contributed by atoms with Crippen LogP contribution in [0, 0.1) is 0 Å². The highest BCUT2D eigenvalue weighted by Gasteiger charge is 2.39. The molecule has 0 radical (unpaired) electrons. The van der Waals surface area contributed by atoms with Crippen molar-refractivity contribution in [3.8, 4) is 0 Å². The summed E-state index contributed by atoms with van der Waals surface area (Å²) in [7, 11) is 0. The van der Waals surface area contributed by atoms with Crippen LogP contribution in [0.2, 0.25) is 0 Å². The molecule has 3 aliphatic heterocycles. The maximum Gasteiger partial charge on any atom is 0.285 e. The molecule has 29 heavy (non-hydrogen) atoms. The monoisotopic (exact) mass is 409 g/mol. The van der Waals surface area contributed by atoms with Crippen LogP contribution in [0.5, 0.6) is 0 Å². The molecule has 3 aliphatic rings. The van der Waals surface area contributed by atoms with Crippen molar-refractivity contribution < 1.29 is 38.5 Å². The maximum atomic E-state index is 12.1. The summed E-state index contributed by atoms with van der Waals surface area (Å²) < 4.78 is 21.1. The van der Waals surface area contributed by atoms with Gasteiger partial charge in [-0.1, -0.05) is 12.1 Å². The van der Waals surface area contributed by atoms with E-state index in [1.165, 1.54) is 0 Å². The number of hydroxylamine groups is 2. The Morgan fingerprint density at radius 2 is 1.28 bits per heavy atom. The predicted molar refractivity (Wildman–Crippen MR) is 99.8 cm³/mol. The number of aliphatic hydroxyl groups is 1. The molecule has 0 aromatic heterocycles. The number of aliphatic hydroxyl groups excluding tert-OH is 1. The summed E-state index contributed by atoms with van der Waals surface area (Å²) in [6.07, 6.45) is -0.928. The summed E-state index contributed by atoms with van der Waals surface area (Å²) in [6.45, 7) is 8.55. The lowest BCUT2D eigenvalue weighted by atomic mass is 10.1. The van der Waals surface area contributed by atoms with Crippen LogP contribution >= 0.6 is 0 Å². The second-order valence-corrected chi connectivity index (χ2v) is 7.88. The van der Waals surface area contributed by atoms with Gasteiger partial charge < -0.3 is 24.1 Å². The summed E-state index contributed by atoms with van der Waals surface area (Å²) in [5.41, 5.74) is 0.714. The molecule has 160 valence electrons. The van der Waals surface area contributed by atoms with E-state index >= 15 is 0 Å². The van der Waals surface area contributed by atoms with Gasteiger partial charge >= 0.3 is 0 Å². The van der Waals surface area contributed by atoms with Crippen LogP contribution in [0.4, 0.5) is 0 Å². The Morgan fingerprint density at radius 3 is 1.69 bits per heavy atom. The van der Waals surface area contributed by atoms with Gasteiger partial charge in [0.1, 0.15) is 12.2 Å². The van der Waals surface area contributed by atoms with E-state index in [1.54, 1.807) is 38.1 Å². The molecule has 3 heterocycles. The number of nitrogens with zero attached hydrogens (tertiary/aromatic N) is 1. The molecular formula is C20H27NO8. The number of ether oxygens (including phenoxy) is 4. The van der Waals surface area contributed by atoms with Crippen molar-refractivity contribution in [2.24, 2.45) is 0 Å². The molecular weight excluding hydrogens is 382 g/mol. The first-order valence-electron chi connectivity index (χ1n) is 9.46. The average Bonchev–Trinajstić information content (AvgIpc) is 2.92. The van der Waals surface area contributed by atoms with Crippen LogP contribution in [-0.4, -0.2) is 72.2 Å². The van der Waals surface area contributed by atoms with Crippen LogP contribution in [0.25, 0.3) is 0 Å². The zero-order chi connectivity index (χ0) is 21.2. The number of amides is 2. The van der Waals surface area contributed by atoms with Gasteiger partial charge in [0.2, 0.25) is 0 Å². The van der Waals surface area contributed by atoms with E-state index in [2.05, 4.69) is 0 Å². The molecule has 0 aliphatic carbocycles. The van der Waals surface area contributed by atoms with Crippen molar-refractivity contribution in [1.82, 2.24) is 5.06 Å². The van der Waals surface area contributed by atoms with Crippen LogP contribution in [-0.2, 0) is 23.8 Å². The van der Waals surface area contributed by atoms with Gasteiger partial charge in [0.05, 0.1) is 37.6 Å². The van der Waals surface area contributed by atoms with E-state index in [0.717, 1.165) is 5.06 Å². The minimum Gasteiger partial charge on any atom is -0.388 e. The lowest BCUT2D eigenvalue weighted by Gasteiger charge is -2.35. The SMILES string of the molecule is CC1(C)OCC(O)CO1.CC1(C)OCC(ON2C(=O)c3ccccc3C2=O)CO1. The Balaban J connectivity index is 0.000000224. The van der Waals surface area contributed by atoms with E-state index in [1.807, 2.05) is 13.8 Å². The lowest BCUT2D eigenvalue weighted by molar-refractivity contribution is -0.299. The number of carbonyl (C=O) groups is 2. The molecule has 2 saturated heterocycles. The topological polar surface area (TPSA) is 104 Å². The van der Waals surface area contributed by atoms with Crippen LogP contribution in [0.15, 0.2) is 24.3 Å². The number of hydrogen-bond donors (Lipinski definition) is 1. The first-order chi connectivity index (χ1) is 13.6. The first-order valence-corrected chi connectivity index (χ1v) is 9.46. The average molecular weight is 409 g/mol. The fraction of sp³-hybridized carbons (Fsp3) is 0.600. The Bertz CT molecular complexity index is 708. The second-order valence-electron chi connectivity index (χ2n) is 7.88. The van der Waals surface area contributed by atoms with E-state index in [9.17, 15) is 9.59 Å². The van der Waals surface area contributed by atoms with Crippen LogP contribution in [0.3, 0.4) is 0 Å². The third kappa shape index (κ3) is 5.39. The van der Waals surface area contributed by atoms with Crippen molar-refractivity contribution in [1.29, 1.82) is 0 Å². The highest BCUT2D eigenvalue weighted by Crippen LogP contribution is 2.25. The molecule has 0 unspecified atom stereocenters. The van der Waals surface area contributed by atoms with Crippen LogP contribution < -0.4 is 0 Å². The number of carbonyl (C=O) groups excluding carboxylic acids is 2. The maximum absolute atomic E-state index is 12.1. The highest BCUT2D eigenvalue weighted by atomic mass is 16.8. The van der Waals surface area contributed by atoms with E-state index in [0.29, 0.717) is 24.3 Å². The normalized spacial score (nSPS) is 24.1. The zero-order valence-electron chi connectivity index (χ0n) is 17.0. The summed E-state index contributed by atoms with van der Waals surface area (Å²) >= 11 is 0. The largest absolute Gasteiger partial charge is 0.388 e. The quantitative estimate of drug-likeness (QED) is 0.733. The molecule has 0 saturated carbocycles. The molecule has 1 aromatic carbocycles. The van der Waals surface area contributed by atoms with Crippen LogP contribution in [0.1, 0.15) is 48.4 Å². The Labute approximate surface area is 169 Å². The van der Waals surface area contributed by atoms with Crippen molar-refractivity contribution in [2.75, 3.05) is 26.4 Å². The summed E-state index contributed by atoms with van der Waals surface area (Å²) in [6, 6.07) is 6.64. The minimum absolute atomic E-state index is 0.264. The Kier molecular flexibility index (Phi) is 6.37. The predicted octanol–water partition coefficient (Wildman–Crippen LogP) is 1.50. The highest BCUT2D eigenvalue weighted by molar-refractivity contribution is 6.20. The molecule has 2 fully saturated rings. The molecule has 9 nitrogen and oxygen atoms in total. The zero-order valence-corrected chi connectivity index (χ0v) is 17.0. The van der Waals surface area contributed by atoms with Crippen molar-refractivity contribution >= 4 is 11.8 Å². The molecule has 4 rings (SSSR count). The lowest BCUT2D eigenvalue weighted by Crippen LogP contribution is -2.46. The van der Waals surface area contributed by atoms with Gasteiger partial charge in [0.25, 0.3) is 11.8 Å². The summed E-state index contributed by atoms with van der Waals surface area (Å²) in [4.78, 5) is 29.7. The Morgan fingerprint density at radius 1 is 0.862 bits per heavy atom. The van der Waals surface area contributed by atoms with E-state index in [-0.39, 0.29) is 13.2 Å². The standard InChI is InChI=1S/C14H15NO5.C6H12O3/c1-14(2)18-7-9(8-19-14)20-15-12(16)10-5-3-4-6-11(10)13(15)17;1-6(2)8-3-5(7)4-9-6/h3-6,9H,7-8H2,1-2H3;5,7H,3-4H2,1-2H3. The van der Waals surface area contributed by atoms with E-state index in [4.69, 9.17) is 28.9 Å². The third-order valence-electron chi connectivity index (χ3n) is 4.49. The molecule has 9 heteroatoms. The van der Waals surface area contributed by atoms with Crippen molar-refractivity contribution in [3.63, 3.8) is 0 Å². The number of rotatable bonds is 2. The summed E-state index contributed by atoms with van der Waals surface area (Å²) in [5.74, 6) is -2.06. The molecule has 1 aromatic rings. The second kappa shape index (κ2) is 8.47. The molecule has 1 N–H and O–H groups in total. The Hall–Kier alpha value is -1.88. The van der Waals surface area contributed by atoms with Gasteiger partial charge in [-0.3, -0.25) is 14.4 Å². The van der Waals surface area contributed by atoms with Gasteiger partial charge in [-0.25, -0.2) is 0 Å². The number of imide groups is 1. The number of hydrogen-bond acceptors (Lipinski definition) is 8. The molecule has 0 atom stereocenters. The van der Waals surface area contributed by atoms with Gasteiger partial charge in [0.15, 0.2) is 11.6 Å². The number of benzene rings is 1. The van der Waals surface area contributed by atoms with Gasteiger partial charge in [0, 0.05) is 0 Å². The van der Waals surface area contributed by atoms with Gasteiger partial charge in [-0.05, 0) is 39.8 Å². The summed E-state index contributed by atoms with van der Waals surface area (Å²) in [5, 5.41) is 9.68. The number of fused-ring (bicyclic) bond motifs is 1. The van der Waals surface area contributed by atoms with Gasteiger partial charge in [-0.2, -0.15) is 0 Å². The molecule has 0 spiro atoms. The van der Waals surface area contributed by atoms with Crippen molar-refractivity contribution in [3.05, 3.63) is 35.4 Å². The first kappa shape index (κ1) is 21.8. The minimum atomic E-state index is -0.665. The fourth-order valence-corrected chi connectivity index (χ4v) is 2.83. The molecule has 2 amide bonds.